The zero-order valence-corrected chi connectivity index (χ0v) is 10.7. The maximum Gasteiger partial charge on any atom is 0.0608 e. The summed E-state index contributed by atoms with van der Waals surface area (Å²) in [7, 11) is 0. The smallest absolute Gasteiger partial charge is 0.0608 e. The van der Waals surface area contributed by atoms with Gasteiger partial charge in [-0.2, -0.15) is 0 Å². The molecule has 90 valence electrons. The lowest BCUT2D eigenvalue weighted by atomic mass is 9.88. The van der Waals surface area contributed by atoms with E-state index in [4.69, 9.17) is 0 Å². The fourth-order valence-corrected chi connectivity index (χ4v) is 2.23. The fraction of sp³-hybridized carbons (Fsp3) is 0.600. The van der Waals surface area contributed by atoms with Crippen molar-refractivity contribution < 1.29 is 5.11 Å². The van der Waals surface area contributed by atoms with E-state index in [1.54, 1.807) is 0 Å². The van der Waals surface area contributed by atoms with Crippen molar-refractivity contribution in [3.63, 3.8) is 0 Å². The Kier molecular flexibility index (Phi) is 5.54. The lowest BCUT2D eigenvalue weighted by molar-refractivity contribution is 0.130. The van der Waals surface area contributed by atoms with Crippen LogP contribution in [0.4, 0.5) is 0 Å². The summed E-state index contributed by atoms with van der Waals surface area (Å²) < 4.78 is 0. The van der Waals surface area contributed by atoms with E-state index in [1.807, 2.05) is 0 Å². The highest BCUT2D eigenvalue weighted by Gasteiger charge is 2.18. The maximum atomic E-state index is 10.1. The quantitative estimate of drug-likeness (QED) is 0.770. The Morgan fingerprint density at radius 1 is 1.06 bits per heavy atom. The van der Waals surface area contributed by atoms with Crippen molar-refractivity contribution in [2.24, 2.45) is 0 Å². The summed E-state index contributed by atoms with van der Waals surface area (Å²) in [5, 5.41) is 10.1. The summed E-state index contributed by atoms with van der Waals surface area (Å²) in [5.74, 6) is 0.297. The van der Waals surface area contributed by atoms with Crippen LogP contribution < -0.4 is 0 Å². The number of aliphatic hydroxyl groups is 1. The standard InChI is InChI=1S/C15H24O/c1-4-7-15(16)14(6-3)13-10-8-12(5-2)9-11-13/h8-11,14-16H,4-7H2,1-3H3. The van der Waals surface area contributed by atoms with E-state index in [0.29, 0.717) is 5.92 Å². The van der Waals surface area contributed by atoms with Gasteiger partial charge in [-0.3, -0.25) is 0 Å². The number of aliphatic hydroxyl groups excluding tert-OH is 1. The van der Waals surface area contributed by atoms with Crippen LogP contribution in [-0.4, -0.2) is 11.2 Å². The van der Waals surface area contributed by atoms with E-state index in [-0.39, 0.29) is 6.10 Å². The predicted octanol–water partition coefficient (Wildman–Crippen LogP) is 3.90. The van der Waals surface area contributed by atoms with Crippen molar-refractivity contribution in [2.45, 2.75) is 58.5 Å². The molecule has 0 radical (unpaired) electrons. The van der Waals surface area contributed by atoms with Crippen LogP contribution >= 0.6 is 0 Å². The third-order valence-electron chi connectivity index (χ3n) is 3.30. The Morgan fingerprint density at radius 3 is 2.12 bits per heavy atom. The molecule has 0 spiro atoms. The number of benzene rings is 1. The van der Waals surface area contributed by atoms with Gasteiger partial charge < -0.3 is 5.11 Å². The molecule has 2 unspecified atom stereocenters. The number of aryl methyl sites for hydroxylation is 1. The van der Waals surface area contributed by atoms with Crippen LogP contribution in [0.5, 0.6) is 0 Å². The van der Waals surface area contributed by atoms with Gasteiger partial charge in [0.25, 0.3) is 0 Å². The number of hydrogen-bond donors (Lipinski definition) is 1. The van der Waals surface area contributed by atoms with Gasteiger partial charge in [0, 0.05) is 5.92 Å². The van der Waals surface area contributed by atoms with Gasteiger partial charge in [-0.25, -0.2) is 0 Å². The number of rotatable bonds is 6. The lowest BCUT2D eigenvalue weighted by Gasteiger charge is -2.21. The molecule has 0 fully saturated rings. The van der Waals surface area contributed by atoms with Gasteiger partial charge in [-0.15, -0.1) is 0 Å². The average molecular weight is 220 g/mol. The molecule has 1 nitrogen and oxygen atoms in total. The lowest BCUT2D eigenvalue weighted by Crippen LogP contribution is -2.17. The molecule has 0 amide bonds. The molecule has 1 aromatic rings. The second-order valence-electron chi connectivity index (χ2n) is 4.47. The molecule has 0 saturated heterocycles. The van der Waals surface area contributed by atoms with Gasteiger partial charge in [0.05, 0.1) is 6.10 Å². The maximum absolute atomic E-state index is 10.1. The first-order valence-electron chi connectivity index (χ1n) is 6.49. The highest BCUT2D eigenvalue weighted by molar-refractivity contribution is 5.26. The summed E-state index contributed by atoms with van der Waals surface area (Å²) in [6, 6.07) is 8.70. The Balaban J connectivity index is 2.78. The van der Waals surface area contributed by atoms with E-state index in [9.17, 15) is 5.11 Å². The first-order valence-corrected chi connectivity index (χ1v) is 6.49. The SMILES string of the molecule is CCCC(O)C(CC)c1ccc(CC)cc1. The molecule has 1 rings (SSSR count). The van der Waals surface area contributed by atoms with Crippen molar-refractivity contribution in [3.8, 4) is 0 Å². The van der Waals surface area contributed by atoms with Gasteiger partial charge in [0.15, 0.2) is 0 Å². The van der Waals surface area contributed by atoms with Crippen LogP contribution in [-0.2, 0) is 6.42 Å². The molecule has 0 saturated carbocycles. The zero-order valence-electron chi connectivity index (χ0n) is 10.7. The normalized spacial score (nSPS) is 14.8. The highest BCUT2D eigenvalue weighted by Crippen LogP contribution is 2.26. The van der Waals surface area contributed by atoms with Gasteiger partial charge in [0.1, 0.15) is 0 Å². The Morgan fingerprint density at radius 2 is 1.69 bits per heavy atom. The third-order valence-corrected chi connectivity index (χ3v) is 3.30. The predicted molar refractivity (Wildman–Crippen MR) is 69.8 cm³/mol. The van der Waals surface area contributed by atoms with Crippen LogP contribution in [0.3, 0.4) is 0 Å². The van der Waals surface area contributed by atoms with Crippen molar-refractivity contribution in [3.05, 3.63) is 35.4 Å². The monoisotopic (exact) mass is 220 g/mol. The largest absolute Gasteiger partial charge is 0.392 e. The zero-order chi connectivity index (χ0) is 12.0. The molecule has 1 aromatic carbocycles. The molecule has 1 N–H and O–H groups in total. The summed E-state index contributed by atoms with van der Waals surface area (Å²) in [6.07, 6.45) is 3.84. The van der Waals surface area contributed by atoms with Gasteiger partial charge >= 0.3 is 0 Å². The Labute approximate surface area is 99.5 Å². The van der Waals surface area contributed by atoms with Crippen LogP contribution in [0.1, 0.15) is 57.1 Å². The molecule has 0 aromatic heterocycles. The molecule has 0 aliphatic carbocycles. The van der Waals surface area contributed by atoms with Crippen molar-refractivity contribution in [1.29, 1.82) is 0 Å². The van der Waals surface area contributed by atoms with Crippen molar-refractivity contribution in [1.82, 2.24) is 0 Å². The summed E-state index contributed by atoms with van der Waals surface area (Å²) in [4.78, 5) is 0. The molecule has 0 bridgehead atoms. The van der Waals surface area contributed by atoms with Crippen LogP contribution in [0.15, 0.2) is 24.3 Å². The fourth-order valence-electron chi connectivity index (χ4n) is 2.23. The van der Waals surface area contributed by atoms with Gasteiger partial charge in [-0.05, 0) is 30.4 Å². The Hall–Kier alpha value is -0.820. The molecule has 16 heavy (non-hydrogen) atoms. The molecule has 0 aliphatic heterocycles. The van der Waals surface area contributed by atoms with Crippen LogP contribution in [0.2, 0.25) is 0 Å². The van der Waals surface area contributed by atoms with E-state index in [0.717, 1.165) is 25.7 Å². The Bertz CT molecular complexity index is 289. The first-order chi connectivity index (χ1) is 7.72. The third kappa shape index (κ3) is 3.34. The van der Waals surface area contributed by atoms with E-state index >= 15 is 0 Å². The minimum atomic E-state index is -0.192. The van der Waals surface area contributed by atoms with Gasteiger partial charge in [0.2, 0.25) is 0 Å². The molecule has 2 atom stereocenters. The van der Waals surface area contributed by atoms with Crippen LogP contribution in [0.25, 0.3) is 0 Å². The van der Waals surface area contributed by atoms with E-state index in [1.165, 1.54) is 11.1 Å². The second-order valence-corrected chi connectivity index (χ2v) is 4.47. The highest BCUT2D eigenvalue weighted by atomic mass is 16.3. The summed E-state index contributed by atoms with van der Waals surface area (Å²) in [6.45, 7) is 6.44. The second kappa shape index (κ2) is 6.70. The van der Waals surface area contributed by atoms with Gasteiger partial charge in [-0.1, -0.05) is 51.5 Å². The van der Waals surface area contributed by atoms with Crippen molar-refractivity contribution >= 4 is 0 Å². The number of hydrogen-bond acceptors (Lipinski definition) is 1. The summed E-state index contributed by atoms with van der Waals surface area (Å²) >= 11 is 0. The van der Waals surface area contributed by atoms with E-state index in [2.05, 4.69) is 45.0 Å². The van der Waals surface area contributed by atoms with Crippen LogP contribution in [0, 0.1) is 0 Å². The van der Waals surface area contributed by atoms with Crippen molar-refractivity contribution in [2.75, 3.05) is 0 Å². The first kappa shape index (κ1) is 13.2. The molecular formula is C15H24O. The van der Waals surface area contributed by atoms with E-state index < -0.39 is 0 Å². The molecular weight excluding hydrogens is 196 g/mol. The average Bonchev–Trinajstić information content (AvgIpc) is 2.31. The minimum absolute atomic E-state index is 0.192. The minimum Gasteiger partial charge on any atom is -0.392 e. The molecule has 0 aliphatic rings. The molecule has 1 heteroatoms. The molecule has 0 heterocycles. The topological polar surface area (TPSA) is 20.2 Å². The summed E-state index contributed by atoms with van der Waals surface area (Å²) in [5.41, 5.74) is 2.64.